The van der Waals surface area contributed by atoms with E-state index in [4.69, 9.17) is 0 Å². The number of thiol groups is 1. The standard InChI is InChI=1S/C5H4BrNS.CH5N/c6-4-1-5(8)3-7-2-4;1-2/h1-3,8H;2H2,1H3. The van der Waals surface area contributed by atoms with E-state index < -0.39 is 0 Å². The van der Waals surface area contributed by atoms with Crippen molar-refractivity contribution in [2.75, 3.05) is 7.05 Å². The van der Waals surface area contributed by atoms with Crippen LogP contribution < -0.4 is 5.73 Å². The second kappa shape index (κ2) is 5.70. The minimum atomic E-state index is 0.874. The molecule has 0 fully saturated rings. The Kier molecular flexibility index (Phi) is 5.67. The minimum absolute atomic E-state index is 0.874. The molecule has 0 amide bonds. The van der Waals surface area contributed by atoms with Crippen LogP contribution in [0.5, 0.6) is 0 Å². The van der Waals surface area contributed by atoms with E-state index >= 15 is 0 Å². The molecular weight excluding hydrogens is 212 g/mol. The van der Waals surface area contributed by atoms with E-state index in [1.807, 2.05) is 6.07 Å². The molecule has 1 aromatic rings. The van der Waals surface area contributed by atoms with Gasteiger partial charge >= 0.3 is 0 Å². The average molecular weight is 221 g/mol. The SMILES string of the molecule is CN.Sc1cncc(Br)c1. The third kappa shape index (κ3) is 3.87. The first-order valence-electron chi connectivity index (χ1n) is 2.66. The summed E-state index contributed by atoms with van der Waals surface area (Å²) in [5.74, 6) is 0. The Balaban J connectivity index is 0.000000371. The average Bonchev–Trinajstić information content (AvgIpc) is 1.91. The third-order valence-electron chi connectivity index (χ3n) is 0.690. The monoisotopic (exact) mass is 220 g/mol. The predicted molar refractivity (Wildman–Crippen MR) is 49.3 cm³/mol. The van der Waals surface area contributed by atoms with Gasteiger partial charge in [-0.25, -0.2) is 0 Å². The topological polar surface area (TPSA) is 38.9 Å². The maximum absolute atomic E-state index is 4.50. The van der Waals surface area contributed by atoms with Crippen LogP contribution in [0.25, 0.3) is 0 Å². The van der Waals surface area contributed by atoms with Crippen molar-refractivity contribution in [1.29, 1.82) is 0 Å². The van der Waals surface area contributed by atoms with Crippen molar-refractivity contribution in [1.82, 2.24) is 4.98 Å². The molecule has 0 saturated heterocycles. The molecule has 0 atom stereocenters. The second-order valence-electron chi connectivity index (χ2n) is 1.36. The molecule has 2 N–H and O–H groups in total. The van der Waals surface area contributed by atoms with Gasteiger partial charge in [-0.15, -0.1) is 12.6 Å². The highest BCUT2D eigenvalue weighted by Crippen LogP contribution is 2.11. The summed E-state index contributed by atoms with van der Waals surface area (Å²) in [7, 11) is 1.50. The van der Waals surface area contributed by atoms with Gasteiger partial charge in [0, 0.05) is 21.8 Å². The lowest BCUT2D eigenvalue weighted by atomic mass is 10.5. The summed E-state index contributed by atoms with van der Waals surface area (Å²) in [4.78, 5) is 4.73. The molecule has 56 valence electrons. The summed E-state index contributed by atoms with van der Waals surface area (Å²) >= 11 is 7.31. The number of nitrogens with two attached hydrogens (primary N) is 1. The van der Waals surface area contributed by atoms with Gasteiger partial charge in [0.15, 0.2) is 0 Å². The van der Waals surface area contributed by atoms with Crippen molar-refractivity contribution in [3.63, 3.8) is 0 Å². The fourth-order valence-electron chi connectivity index (χ4n) is 0.401. The number of aromatic nitrogens is 1. The predicted octanol–water partition coefficient (Wildman–Crippen LogP) is 1.71. The highest BCUT2D eigenvalue weighted by molar-refractivity contribution is 9.10. The van der Waals surface area contributed by atoms with Gasteiger partial charge in [0.1, 0.15) is 0 Å². The highest BCUT2D eigenvalue weighted by atomic mass is 79.9. The molecule has 0 spiro atoms. The van der Waals surface area contributed by atoms with Gasteiger partial charge in [-0.05, 0) is 29.0 Å². The fraction of sp³-hybridized carbons (Fsp3) is 0.167. The summed E-state index contributed by atoms with van der Waals surface area (Å²) in [5.41, 5.74) is 4.50. The van der Waals surface area contributed by atoms with E-state index in [1.54, 1.807) is 12.4 Å². The van der Waals surface area contributed by atoms with E-state index in [0.717, 1.165) is 9.37 Å². The Labute approximate surface area is 74.4 Å². The third-order valence-corrected chi connectivity index (χ3v) is 1.37. The van der Waals surface area contributed by atoms with Crippen molar-refractivity contribution in [3.8, 4) is 0 Å². The van der Waals surface area contributed by atoms with Gasteiger partial charge in [0.2, 0.25) is 0 Å². The zero-order valence-electron chi connectivity index (χ0n) is 5.58. The highest BCUT2D eigenvalue weighted by Gasteiger charge is 1.84. The maximum atomic E-state index is 4.50. The zero-order chi connectivity index (χ0) is 7.98. The van der Waals surface area contributed by atoms with Crippen LogP contribution in [0.1, 0.15) is 0 Å². The molecule has 0 aliphatic heterocycles. The first-order valence-corrected chi connectivity index (χ1v) is 3.90. The molecule has 1 rings (SSSR count). The summed E-state index contributed by atoms with van der Waals surface area (Å²) in [6, 6.07) is 1.89. The van der Waals surface area contributed by atoms with Crippen LogP contribution in [0.2, 0.25) is 0 Å². The lowest BCUT2D eigenvalue weighted by Gasteiger charge is -1.87. The molecule has 2 nitrogen and oxygen atoms in total. The zero-order valence-corrected chi connectivity index (χ0v) is 8.06. The lowest BCUT2D eigenvalue weighted by molar-refractivity contribution is 1.23. The number of pyridine rings is 1. The van der Waals surface area contributed by atoms with Gasteiger partial charge in [-0.3, -0.25) is 4.98 Å². The minimum Gasteiger partial charge on any atom is -0.333 e. The van der Waals surface area contributed by atoms with Crippen LogP contribution in [-0.4, -0.2) is 12.0 Å². The molecule has 0 unspecified atom stereocenters. The number of hydrogen-bond donors (Lipinski definition) is 2. The van der Waals surface area contributed by atoms with E-state index in [9.17, 15) is 0 Å². The van der Waals surface area contributed by atoms with Crippen LogP contribution in [0.4, 0.5) is 0 Å². The normalized spacial score (nSPS) is 8.00. The van der Waals surface area contributed by atoms with Crippen molar-refractivity contribution in [2.45, 2.75) is 4.90 Å². The quantitative estimate of drug-likeness (QED) is 0.654. The molecular formula is C6H9BrN2S. The molecule has 0 aliphatic rings. The number of nitrogens with zero attached hydrogens (tertiary/aromatic N) is 1. The van der Waals surface area contributed by atoms with Crippen LogP contribution in [0.15, 0.2) is 27.8 Å². The molecule has 10 heavy (non-hydrogen) atoms. The van der Waals surface area contributed by atoms with E-state index in [-0.39, 0.29) is 0 Å². The van der Waals surface area contributed by atoms with Crippen LogP contribution in [0, 0.1) is 0 Å². The summed E-state index contributed by atoms with van der Waals surface area (Å²) in [5, 5.41) is 0. The molecule has 1 aromatic heterocycles. The Morgan fingerprint density at radius 2 is 2.10 bits per heavy atom. The van der Waals surface area contributed by atoms with Gasteiger partial charge in [-0.1, -0.05) is 0 Å². The Morgan fingerprint density at radius 3 is 2.40 bits per heavy atom. The molecule has 4 heteroatoms. The Morgan fingerprint density at radius 1 is 1.50 bits per heavy atom. The summed E-state index contributed by atoms with van der Waals surface area (Å²) in [6.07, 6.45) is 3.41. The van der Waals surface area contributed by atoms with Crippen LogP contribution in [-0.2, 0) is 0 Å². The largest absolute Gasteiger partial charge is 0.333 e. The van der Waals surface area contributed by atoms with Crippen molar-refractivity contribution < 1.29 is 0 Å². The van der Waals surface area contributed by atoms with E-state index in [1.165, 1.54) is 7.05 Å². The molecule has 0 aliphatic carbocycles. The van der Waals surface area contributed by atoms with Gasteiger partial charge < -0.3 is 5.73 Å². The van der Waals surface area contributed by atoms with Gasteiger partial charge in [-0.2, -0.15) is 0 Å². The van der Waals surface area contributed by atoms with Crippen molar-refractivity contribution in [3.05, 3.63) is 22.9 Å². The van der Waals surface area contributed by atoms with Crippen molar-refractivity contribution >= 4 is 28.6 Å². The van der Waals surface area contributed by atoms with Crippen LogP contribution >= 0.6 is 28.6 Å². The van der Waals surface area contributed by atoms with Crippen molar-refractivity contribution in [2.24, 2.45) is 5.73 Å². The summed E-state index contributed by atoms with van der Waals surface area (Å²) in [6.45, 7) is 0. The molecule has 0 radical (unpaired) electrons. The number of rotatable bonds is 0. The van der Waals surface area contributed by atoms with E-state index in [2.05, 4.69) is 39.3 Å². The number of hydrogen-bond acceptors (Lipinski definition) is 3. The van der Waals surface area contributed by atoms with E-state index in [0.29, 0.717) is 0 Å². The van der Waals surface area contributed by atoms with Gasteiger partial charge in [0.25, 0.3) is 0 Å². The first-order chi connectivity index (χ1) is 4.79. The number of halogens is 1. The maximum Gasteiger partial charge on any atom is 0.0411 e. The smallest absolute Gasteiger partial charge is 0.0411 e. The second-order valence-corrected chi connectivity index (χ2v) is 2.79. The Hall–Kier alpha value is -0.0600. The summed E-state index contributed by atoms with van der Waals surface area (Å²) < 4.78 is 0.963. The fourth-order valence-corrected chi connectivity index (χ4v) is 1.15. The first kappa shape index (κ1) is 9.94. The lowest BCUT2D eigenvalue weighted by Crippen LogP contribution is -1.69. The Bertz CT molecular complexity index is 176. The molecule has 0 aromatic carbocycles. The van der Waals surface area contributed by atoms with Gasteiger partial charge in [0.05, 0.1) is 0 Å². The molecule has 0 saturated carbocycles. The van der Waals surface area contributed by atoms with Crippen LogP contribution in [0.3, 0.4) is 0 Å². The molecule has 0 bridgehead atoms. The molecule has 1 heterocycles.